The van der Waals surface area contributed by atoms with Crippen LogP contribution in [0.2, 0.25) is 0 Å². The predicted octanol–water partition coefficient (Wildman–Crippen LogP) is 1.82. The number of aryl methyl sites for hydroxylation is 1. The third-order valence-corrected chi connectivity index (χ3v) is 4.81. The van der Waals surface area contributed by atoms with Crippen molar-refractivity contribution in [1.29, 1.82) is 0 Å². The zero-order chi connectivity index (χ0) is 18.7. The molecule has 0 bridgehead atoms. The Labute approximate surface area is 154 Å². The molecule has 8 heteroatoms. The van der Waals surface area contributed by atoms with E-state index < -0.39 is 5.56 Å². The highest BCUT2D eigenvalue weighted by atomic mass is 32.2. The first-order chi connectivity index (χ1) is 12.5. The van der Waals surface area contributed by atoms with Gasteiger partial charge in [-0.05, 0) is 24.6 Å². The molecule has 1 aliphatic heterocycles. The number of hydrogen-bond acceptors (Lipinski definition) is 5. The van der Waals surface area contributed by atoms with Crippen LogP contribution in [0.1, 0.15) is 5.56 Å². The van der Waals surface area contributed by atoms with Crippen LogP contribution in [-0.2, 0) is 16.1 Å². The molecule has 0 spiro atoms. The lowest BCUT2D eigenvalue weighted by Crippen LogP contribution is -2.42. The van der Waals surface area contributed by atoms with E-state index in [9.17, 15) is 14.4 Å². The second kappa shape index (κ2) is 7.57. The van der Waals surface area contributed by atoms with Gasteiger partial charge >= 0.3 is 0 Å². The van der Waals surface area contributed by atoms with Crippen LogP contribution in [0.3, 0.4) is 0 Å². The van der Waals surface area contributed by atoms with Gasteiger partial charge in [0.15, 0.2) is 0 Å². The number of fused-ring (bicyclic) bond motifs is 1. The lowest BCUT2D eigenvalue weighted by atomic mass is 10.2. The normalized spacial score (nSPS) is 13.3. The molecular formula is C18H18N4O3S. The number of benzene rings is 1. The topological polar surface area (TPSA) is 84.3 Å². The van der Waals surface area contributed by atoms with Gasteiger partial charge in [-0.1, -0.05) is 18.2 Å². The Kier molecular flexibility index (Phi) is 5.22. The number of aromatic nitrogens is 2. The maximum Gasteiger partial charge on any atom is 0.292 e. The first kappa shape index (κ1) is 17.9. The maximum absolute atomic E-state index is 12.8. The van der Waals surface area contributed by atoms with Crippen LogP contribution in [0.5, 0.6) is 0 Å². The van der Waals surface area contributed by atoms with Crippen molar-refractivity contribution in [1.82, 2.24) is 9.78 Å². The highest BCUT2D eigenvalue weighted by molar-refractivity contribution is 8.00. The number of hydrogen-bond donors (Lipinski definition) is 1. The van der Waals surface area contributed by atoms with Crippen LogP contribution >= 0.6 is 11.8 Å². The summed E-state index contributed by atoms with van der Waals surface area (Å²) >= 11 is 1.27. The smallest absolute Gasteiger partial charge is 0.292 e. The summed E-state index contributed by atoms with van der Waals surface area (Å²) in [6.07, 6.45) is 3.08. The summed E-state index contributed by atoms with van der Waals surface area (Å²) in [6, 6.07) is 7.37. The van der Waals surface area contributed by atoms with E-state index in [1.54, 1.807) is 12.1 Å². The Morgan fingerprint density at radius 2 is 2.23 bits per heavy atom. The second-order valence-corrected chi connectivity index (χ2v) is 6.84. The molecule has 1 aromatic carbocycles. The van der Waals surface area contributed by atoms with Crippen molar-refractivity contribution in [2.45, 2.75) is 18.4 Å². The third kappa shape index (κ3) is 3.70. The highest BCUT2D eigenvalue weighted by Gasteiger charge is 2.28. The summed E-state index contributed by atoms with van der Waals surface area (Å²) in [6.45, 7) is 5.55. The van der Waals surface area contributed by atoms with Crippen molar-refractivity contribution in [2.75, 3.05) is 22.5 Å². The van der Waals surface area contributed by atoms with Crippen LogP contribution in [0, 0.1) is 6.92 Å². The molecule has 0 atom stereocenters. The van der Waals surface area contributed by atoms with Gasteiger partial charge < -0.3 is 10.2 Å². The molecule has 1 N–H and O–H groups in total. The van der Waals surface area contributed by atoms with Gasteiger partial charge in [-0.2, -0.15) is 5.10 Å². The molecule has 2 aromatic rings. The summed E-state index contributed by atoms with van der Waals surface area (Å²) in [4.78, 5) is 39.2. The van der Waals surface area contributed by atoms with Crippen molar-refractivity contribution < 1.29 is 9.59 Å². The summed E-state index contributed by atoms with van der Waals surface area (Å²) in [5.74, 6) is -0.281. The van der Waals surface area contributed by atoms with Crippen molar-refractivity contribution in [3.63, 3.8) is 0 Å². The minimum atomic E-state index is -0.468. The molecule has 2 amide bonds. The summed E-state index contributed by atoms with van der Waals surface area (Å²) in [5.41, 5.74) is 1.45. The number of carbonyl (C=O) groups is 2. The minimum absolute atomic E-state index is 0.165. The average Bonchev–Trinajstić information content (AvgIpc) is 2.60. The van der Waals surface area contributed by atoms with Crippen LogP contribution in [0.4, 0.5) is 11.4 Å². The molecule has 2 heterocycles. The van der Waals surface area contributed by atoms with E-state index in [-0.39, 0.29) is 36.3 Å². The Bertz CT molecular complexity index is 938. The molecule has 0 unspecified atom stereocenters. The van der Waals surface area contributed by atoms with Crippen molar-refractivity contribution in [2.24, 2.45) is 0 Å². The minimum Gasteiger partial charge on any atom is -0.324 e. The summed E-state index contributed by atoms with van der Waals surface area (Å²) in [7, 11) is 0. The molecule has 7 nitrogen and oxygen atoms in total. The lowest BCUT2D eigenvalue weighted by Gasteiger charge is -2.27. The average molecular weight is 370 g/mol. The number of thioether (sulfide) groups is 1. The fourth-order valence-electron chi connectivity index (χ4n) is 2.65. The van der Waals surface area contributed by atoms with Crippen LogP contribution < -0.4 is 15.8 Å². The summed E-state index contributed by atoms with van der Waals surface area (Å²) < 4.78 is 1.07. The fraction of sp³-hybridized carbons (Fsp3) is 0.222. The van der Waals surface area contributed by atoms with E-state index in [1.807, 2.05) is 25.1 Å². The van der Waals surface area contributed by atoms with Gasteiger partial charge in [-0.3, -0.25) is 14.4 Å². The second-order valence-electron chi connectivity index (χ2n) is 5.82. The van der Waals surface area contributed by atoms with Gasteiger partial charge in [0, 0.05) is 12.2 Å². The molecule has 134 valence electrons. The van der Waals surface area contributed by atoms with E-state index in [0.717, 1.165) is 10.2 Å². The Hall–Kier alpha value is -2.87. The van der Waals surface area contributed by atoms with E-state index >= 15 is 0 Å². The molecule has 1 aromatic heterocycles. The van der Waals surface area contributed by atoms with Crippen LogP contribution in [0.25, 0.3) is 0 Å². The van der Waals surface area contributed by atoms with Gasteiger partial charge in [0.25, 0.3) is 5.56 Å². The zero-order valence-electron chi connectivity index (χ0n) is 14.3. The number of carbonyl (C=O) groups excluding carboxylic acids is 2. The van der Waals surface area contributed by atoms with Crippen molar-refractivity contribution >= 4 is 35.0 Å². The van der Waals surface area contributed by atoms with Crippen LogP contribution in [-0.4, -0.2) is 33.9 Å². The Balaban J connectivity index is 1.85. The van der Waals surface area contributed by atoms with Gasteiger partial charge in [0.05, 0.1) is 16.8 Å². The van der Waals surface area contributed by atoms with Gasteiger partial charge in [-0.15, -0.1) is 18.3 Å². The molecule has 0 fully saturated rings. The summed E-state index contributed by atoms with van der Waals surface area (Å²) in [5, 5.41) is 6.81. The number of rotatable bonds is 5. The van der Waals surface area contributed by atoms with Crippen molar-refractivity contribution in [3.8, 4) is 0 Å². The molecule has 1 aliphatic rings. The quantitative estimate of drug-likeness (QED) is 0.812. The highest BCUT2D eigenvalue weighted by Crippen LogP contribution is 2.31. The third-order valence-electron chi connectivity index (χ3n) is 3.81. The molecular weight excluding hydrogens is 352 g/mol. The van der Waals surface area contributed by atoms with Gasteiger partial charge in [0.2, 0.25) is 11.8 Å². The van der Waals surface area contributed by atoms with E-state index in [2.05, 4.69) is 17.0 Å². The molecule has 3 rings (SSSR count). The van der Waals surface area contributed by atoms with E-state index in [0.29, 0.717) is 10.6 Å². The van der Waals surface area contributed by atoms with Gasteiger partial charge in [-0.25, -0.2) is 4.68 Å². The predicted molar refractivity (Wildman–Crippen MR) is 102 cm³/mol. The molecule has 26 heavy (non-hydrogen) atoms. The van der Waals surface area contributed by atoms with Crippen LogP contribution in [0.15, 0.2) is 52.8 Å². The van der Waals surface area contributed by atoms with Crippen molar-refractivity contribution in [3.05, 3.63) is 59.0 Å². The van der Waals surface area contributed by atoms with Gasteiger partial charge in [0.1, 0.15) is 12.2 Å². The number of nitrogens with zero attached hydrogens (tertiary/aromatic N) is 3. The maximum atomic E-state index is 12.8. The standard InChI is InChI=1S/C18H18N4O3S/c1-3-7-21-16(24)11-26-14-9-19-22(18(25)17(14)21)10-15(23)20-13-6-4-5-12(2)8-13/h3-6,8-9H,1,7,10-11H2,2H3,(H,20,23). The largest absolute Gasteiger partial charge is 0.324 e. The molecule has 0 radical (unpaired) electrons. The Morgan fingerprint density at radius 1 is 1.42 bits per heavy atom. The monoisotopic (exact) mass is 370 g/mol. The first-order valence-electron chi connectivity index (χ1n) is 8.00. The number of anilines is 2. The van der Waals surface area contributed by atoms with E-state index in [4.69, 9.17) is 0 Å². The first-order valence-corrected chi connectivity index (χ1v) is 8.99. The number of amides is 2. The number of nitrogens with one attached hydrogen (secondary N) is 1. The molecule has 0 saturated heterocycles. The van der Waals surface area contributed by atoms with E-state index in [1.165, 1.54) is 22.9 Å². The lowest BCUT2D eigenvalue weighted by molar-refractivity contribution is -0.117. The Morgan fingerprint density at radius 3 is 2.96 bits per heavy atom. The molecule has 0 aliphatic carbocycles. The SMILES string of the molecule is C=CCN1C(=O)CSc2cnn(CC(=O)Nc3cccc(C)c3)c(=O)c21. The fourth-order valence-corrected chi connectivity index (χ4v) is 3.54. The molecule has 0 saturated carbocycles. The zero-order valence-corrected chi connectivity index (χ0v) is 15.1.